The minimum absolute atomic E-state index is 0. The average molecular weight is 1130 g/mol. The Bertz CT molecular complexity index is 3360. The van der Waals surface area contributed by atoms with Gasteiger partial charge in [0.15, 0.2) is 0 Å². The highest BCUT2D eigenvalue weighted by Gasteiger charge is 2.31. The number of hydrogen-bond donors (Lipinski definition) is 4. The second-order valence-electron chi connectivity index (χ2n) is 23.7. The molecule has 82 heavy (non-hydrogen) atoms. The molecular weight excluding hydrogens is 1060 g/mol. The number of carboxylic acids is 1. The number of rotatable bonds is 6. The Morgan fingerprint density at radius 3 is 1.38 bits per heavy atom. The van der Waals surface area contributed by atoms with Crippen LogP contribution in [0.1, 0.15) is 167 Å². The maximum atomic E-state index is 13.7. The number of halogens is 1. The molecule has 3 amide bonds. The van der Waals surface area contributed by atoms with Crippen LogP contribution in [0.2, 0.25) is 0 Å². The lowest BCUT2D eigenvalue weighted by atomic mass is 9.88. The summed E-state index contributed by atoms with van der Waals surface area (Å²) in [5.41, 5.74) is 12.9. The van der Waals surface area contributed by atoms with E-state index < -0.39 is 17.2 Å². The van der Waals surface area contributed by atoms with Crippen LogP contribution in [0.15, 0.2) is 72.8 Å². The summed E-state index contributed by atoms with van der Waals surface area (Å²) >= 11 is 0. The number of benzene rings is 4. The standard InChI is InChI=1S/C32H37N5O3.C20H25N3O4.C12H14N2.ClH/c1-20-16-21(2)26(30(38)36-13-10-24(11-14-36)23-8-6-22(18-33)7-9-23)17-25(20)29-34-27-12-15-37(19-28(27)35-29)31(39)40-32(3,4)5;1-11-8-12(2)14(18(24)25)9-13(11)17-21-15-6-7-23(10-16(15)22-17)19(26)27-20(3,4)5;13-9-10-1-3-11(4-2-10)12-5-7-14-8-6-12;/h6-9,16-17,24H,10-15,19H2,1-5H3,(H,34,35);8-9H,6-7,10H2,1-5H3,(H,21,22)(H,24,25);1-4,12,14H,5-8H2;1H. The minimum atomic E-state index is -0.957. The van der Waals surface area contributed by atoms with Crippen LogP contribution in [0.25, 0.3) is 22.8 Å². The van der Waals surface area contributed by atoms with Gasteiger partial charge < -0.3 is 44.6 Å². The number of aryl methyl sites for hydroxylation is 4. The molecule has 0 spiro atoms. The molecule has 4 aliphatic rings. The van der Waals surface area contributed by atoms with Gasteiger partial charge in [0.25, 0.3) is 5.91 Å². The number of imidazole rings is 2. The highest BCUT2D eigenvalue weighted by Crippen LogP contribution is 2.33. The number of carbonyl (C=O) groups excluding carboxylic acids is 3. The van der Waals surface area contributed by atoms with Crippen LogP contribution in [-0.4, -0.2) is 114 Å². The molecule has 0 radical (unpaired) electrons. The first-order chi connectivity index (χ1) is 38.5. The average Bonchev–Trinajstić information content (AvgIpc) is 4.30. The monoisotopic (exact) mass is 1130 g/mol. The highest BCUT2D eigenvalue weighted by molar-refractivity contribution is 5.97. The number of carboxylic acid groups (broad SMARTS) is 1. The molecule has 4 aliphatic heterocycles. The molecule has 6 aromatic rings. The van der Waals surface area contributed by atoms with Crippen LogP contribution < -0.4 is 5.32 Å². The van der Waals surface area contributed by atoms with Gasteiger partial charge in [0.2, 0.25) is 0 Å². The number of aromatic amines is 2. The van der Waals surface area contributed by atoms with E-state index in [4.69, 9.17) is 25.0 Å². The van der Waals surface area contributed by atoms with Crippen LogP contribution in [0.4, 0.5) is 9.59 Å². The number of ether oxygens (including phenoxy) is 2. The molecule has 2 fully saturated rings. The summed E-state index contributed by atoms with van der Waals surface area (Å²) in [5.74, 6) is 1.52. The van der Waals surface area contributed by atoms with Gasteiger partial charge in [-0.3, -0.25) is 4.79 Å². The van der Waals surface area contributed by atoms with Crippen molar-refractivity contribution in [3.63, 3.8) is 0 Å². The van der Waals surface area contributed by atoms with Crippen molar-refractivity contribution in [3.8, 4) is 34.9 Å². The normalized spacial score (nSPS) is 15.4. The molecule has 0 atom stereocenters. The lowest BCUT2D eigenvalue weighted by Gasteiger charge is -2.32. The van der Waals surface area contributed by atoms with Gasteiger partial charge in [0, 0.05) is 55.7 Å². The fraction of sp³-hybridized carbons (Fsp3) is 0.438. The molecular formula is C64H77ClN10O7. The molecule has 432 valence electrons. The Labute approximate surface area is 487 Å². The third kappa shape index (κ3) is 15.3. The van der Waals surface area contributed by atoms with E-state index in [-0.39, 0.29) is 36.1 Å². The molecule has 0 unspecified atom stereocenters. The molecule has 4 aromatic carbocycles. The summed E-state index contributed by atoms with van der Waals surface area (Å²) in [5, 5.41) is 30.5. The van der Waals surface area contributed by atoms with Gasteiger partial charge in [-0.2, -0.15) is 10.5 Å². The Morgan fingerprint density at radius 1 is 0.573 bits per heavy atom. The van der Waals surface area contributed by atoms with E-state index in [9.17, 15) is 24.3 Å². The van der Waals surface area contributed by atoms with Crippen molar-refractivity contribution >= 4 is 36.5 Å². The van der Waals surface area contributed by atoms with Gasteiger partial charge in [-0.1, -0.05) is 36.4 Å². The van der Waals surface area contributed by atoms with Crippen molar-refractivity contribution in [2.45, 2.75) is 144 Å². The van der Waals surface area contributed by atoms with E-state index >= 15 is 0 Å². The van der Waals surface area contributed by atoms with Gasteiger partial charge >= 0.3 is 18.2 Å². The molecule has 0 saturated carbocycles. The van der Waals surface area contributed by atoms with Crippen molar-refractivity contribution in [2.75, 3.05) is 39.3 Å². The smallest absolute Gasteiger partial charge is 0.410 e. The number of aromatic nitrogens is 4. The Kier molecular flexibility index (Phi) is 19.8. The number of fused-ring (bicyclic) bond motifs is 2. The molecule has 2 aromatic heterocycles. The van der Waals surface area contributed by atoms with Gasteiger partial charge in [-0.25, -0.2) is 24.4 Å². The molecule has 17 nitrogen and oxygen atoms in total. The summed E-state index contributed by atoms with van der Waals surface area (Å²) in [6.07, 6.45) is 4.83. The predicted molar refractivity (Wildman–Crippen MR) is 317 cm³/mol. The molecule has 0 aliphatic carbocycles. The van der Waals surface area contributed by atoms with Gasteiger partial charge in [0.05, 0.1) is 64.7 Å². The SMILES string of the molecule is Cc1cc(C)c(-c2nc3c([nH]2)CN(C(=O)OC(C)(C)C)CC3)cc1C(=O)N1CCC(c2ccc(C#N)cc2)CC1.Cc1cc(C)c(-c2nc3c([nH]2)CN(C(=O)OC(C)(C)C)CC3)cc1C(=O)O.Cl.N#Cc1ccc(C2CCNCC2)cc1. The van der Waals surface area contributed by atoms with Crippen molar-refractivity contribution in [3.05, 3.63) is 151 Å². The van der Waals surface area contributed by atoms with Gasteiger partial charge in [0.1, 0.15) is 22.9 Å². The van der Waals surface area contributed by atoms with Crippen LogP contribution >= 0.6 is 12.4 Å². The topological polar surface area (TPSA) is 234 Å². The maximum absolute atomic E-state index is 13.7. The number of nitriles is 2. The summed E-state index contributed by atoms with van der Waals surface area (Å²) in [6.45, 7) is 24.4. The van der Waals surface area contributed by atoms with E-state index in [1.54, 1.807) is 22.8 Å². The zero-order valence-electron chi connectivity index (χ0n) is 48.9. The number of likely N-dealkylation sites (tertiary alicyclic amines) is 1. The lowest BCUT2D eigenvalue weighted by Crippen LogP contribution is -2.39. The maximum Gasteiger partial charge on any atom is 0.410 e. The molecule has 6 heterocycles. The van der Waals surface area contributed by atoms with Crippen molar-refractivity contribution in [2.24, 2.45) is 0 Å². The van der Waals surface area contributed by atoms with Gasteiger partial charge in [-0.15, -0.1) is 12.4 Å². The number of aromatic carboxylic acids is 1. The predicted octanol–water partition coefficient (Wildman–Crippen LogP) is 12.0. The Morgan fingerprint density at radius 2 is 0.976 bits per heavy atom. The second-order valence-corrected chi connectivity index (χ2v) is 23.7. The van der Waals surface area contributed by atoms with Crippen LogP contribution in [-0.2, 0) is 35.4 Å². The van der Waals surface area contributed by atoms with Crippen LogP contribution in [0.5, 0.6) is 0 Å². The number of nitrogens with zero attached hydrogens (tertiary/aromatic N) is 7. The van der Waals surface area contributed by atoms with Crippen molar-refractivity contribution < 1.29 is 33.8 Å². The first-order valence-electron chi connectivity index (χ1n) is 28.1. The number of carbonyl (C=O) groups is 4. The Hall–Kier alpha value is -7.99. The van der Waals surface area contributed by atoms with E-state index in [0.717, 1.165) is 93.5 Å². The van der Waals surface area contributed by atoms with Crippen molar-refractivity contribution in [1.82, 2.24) is 40.0 Å². The van der Waals surface area contributed by atoms with Crippen LogP contribution in [0.3, 0.4) is 0 Å². The zero-order chi connectivity index (χ0) is 58.3. The fourth-order valence-electron chi connectivity index (χ4n) is 10.9. The van der Waals surface area contributed by atoms with Crippen molar-refractivity contribution in [1.29, 1.82) is 10.5 Å². The summed E-state index contributed by atoms with van der Waals surface area (Å²) < 4.78 is 11.0. The minimum Gasteiger partial charge on any atom is -0.478 e. The number of piperidine rings is 2. The fourth-order valence-corrected chi connectivity index (χ4v) is 10.9. The number of nitrogens with one attached hydrogen (secondary N) is 3. The largest absolute Gasteiger partial charge is 0.478 e. The number of H-pyrrole nitrogens is 2. The van der Waals surface area contributed by atoms with Crippen LogP contribution in [0, 0.1) is 50.4 Å². The zero-order valence-corrected chi connectivity index (χ0v) is 49.7. The number of hydrogen-bond acceptors (Lipinski definition) is 11. The third-order valence-electron chi connectivity index (χ3n) is 15.2. The van der Waals surface area contributed by atoms with E-state index in [1.165, 1.54) is 24.0 Å². The molecule has 10 rings (SSSR count). The first kappa shape index (κ1) is 61.6. The van der Waals surface area contributed by atoms with Gasteiger partial charge in [-0.05, 0) is 190 Å². The molecule has 4 N–H and O–H groups in total. The third-order valence-corrected chi connectivity index (χ3v) is 15.2. The lowest BCUT2D eigenvalue weighted by molar-refractivity contribution is 0.0211. The number of amides is 3. The first-order valence-corrected chi connectivity index (χ1v) is 28.1. The van der Waals surface area contributed by atoms with E-state index in [0.29, 0.717) is 80.9 Å². The molecule has 18 heteroatoms. The Balaban J connectivity index is 0.000000198. The second kappa shape index (κ2) is 26.3. The highest BCUT2D eigenvalue weighted by atomic mass is 35.5. The van der Waals surface area contributed by atoms with E-state index in [2.05, 4.69) is 50.6 Å². The summed E-state index contributed by atoms with van der Waals surface area (Å²) in [7, 11) is 0. The molecule has 0 bridgehead atoms. The quantitative estimate of drug-likeness (QED) is 0.122. The molecule has 2 saturated heterocycles. The van der Waals surface area contributed by atoms with E-state index in [1.807, 2.05) is 116 Å². The summed E-state index contributed by atoms with van der Waals surface area (Å²) in [4.78, 5) is 71.6. The summed E-state index contributed by atoms with van der Waals surface area (Å²) in [6, 6.07) is 27.7.